The number of cyclic esters (lactones) is 1. The van der Waals surface area contributed by atoms with E-state index < -0.39 is 50.0 Å². The molecular formula is C51H77N3O8SSi. The summed E-state index contributed by atoms with van der Waals surface area (Å²) in [5, 5.41) is 3.75. The first kappa shape index (κ1) is 52.7. The van der Waals surface area contributed by atoms with E-state index in [4.69, 9.17) is 13.9 Å². The predicted molar refractivity (Wildman–Crippen MR) is 259 cm³/mol. The number of ketones is 1. The van der Waals surface area contributed by atoms with E-state index in [9.17, 15) is 19.2 Å². The van der Waals surface area contributed by atoms with Crippen LogP contribution in [0.1, 0.15) is 155 Å². The Hall–Kier alpha value is -3.94. The van der Waals surface area contributed by atoms with E-state index in [1.54, 1.807) is 31.3 Å². The average Bonchev–Trinajstić information content (AvgIpc) is 3.76. The monoisotopic (exact) mass is 920 g/mol. The summed E-state index contributed by atoms with van der Waals surface area (Å²) in [6.07, 6.45) is 14.5. The third kappa shape index (κ3) is 15.1. The number of imide groups is 1. The number of rotatable bonds is 17. The molecule has 0 spiro atoms. The van der Waals surface area contributed by atoms with Crippen LogP contribution in [0.25, 0.3) is 10.2 Å². The number of nitrogens with one attached hydrogen (secondary N) is 1. The van der Waals surface area contributed by atoms with Crippen LogP contribution in [-0.2, 0) is 33.1 Å². The minimum absolute atomic E-state index is 0.0460. The summed E-state index contributed by atoms with van der Waals surface area (Å²) in [4.78, 5) is 72.5. The molecule has 11 nitrogen and oxygen atoms in total. The maximum atomic E-state index is 15.2. The zero-order valence-electron chi connectivity index (χ0n) is 40.5. The normalized spacial score (nSPS) is 23.0. The van der Waals surface area contributed by atoms with Gasteiger partial charge in [-0.15, -0.1) is 17.9 Å². The Kier molecular flexibility index (Phi) is 19.8. The van der Waals surface area contributed by atoms with Gasteiger partial charge in [0.1, 0.15) is 18.0 Å². The standard InChI is InChI=1S/C51H77N3O8SSi/c1-12-22-39-47(62-64(10,11)50(5,6)7)36(3)24-21-23-35(2)25-27-41(38-26-28-42-40(33-38)53-37(4)63-42)60-46(57)34-43(51(8,9)48(39)58)61-49(59)52-31-19-17-15-13-14-16-18-20-32-54-44(55)29-30-45(54)56/h12,25-26,28-30,33,36,39,41,43,47H,1,13-24,27,31-32,34H2,2-11H3,(H,52,59)/t36-,39+,41-,43-,47-/m0/s1. The molecule has 354 valence electrons. The van der Waals surface area contributed by atoms with Crippen molar-refractivity contribution in [1.29, 1.82) is 0 Å². The fourth-order valence-electron chi connectivity index (χ4n) is 8.38. The summed E-state index contributed by atoms with van der Waals surface area (Å²) < 4.78 is 20.7. The van der Waals surface area contributed by atoms with Crippen molar-refractivity contribution < 1.29 is 37.9 Å². The van der Waals surface area contributed by atoms with Crippen molar-refractivity contribution in [3.63, 3.8) is 0 Å². The Morgan fingerprint density at radius 2 is 1.66 bits per heavy atom. The highest BCUT2D eigenvalue weighted by Gasteiger charge is 2.49. The lowest BCUT2D eigenvalue weighted by Crippen LogP contribution is -2.53. The summed E-state index contributed by atoms with van der Waals surface area (Å²) in [7, 11) is -2.37. The fraction of sp³-hybridized carbons (Fsp3) is 0.647. The molecule has 64 heavy (non-hydrogen) atoms. The molecule has 3 amide bonds. The lowest BCUT2D eigenvalue weighted by atomic mass is 9.71. The number of aromatic nitrogens is 1. The number of hydrogen-bond acceptors (Lipinski definition) is 10. The predicted octanol–water partition coefficient (Wildman–Crippen LogP) is 12.1. The van der Waals surface area contributed by atoms with Crippen LogP contribution in [0.5, 0.6) is 0 Å². The Labute approximate surface area is 388 Å². The summed E-state index contributed by atoms with van der Waals surface area (Å²) in [5.74, 6) is -1.69. The molecule has 0 saturated heterocycles. The number of aryl methyl sites for hydroxylation is 1. The van der Waals surface area contributed by atoms with Crippen molar-refractivity contribution >= 4 is 59.5 Å². The van der Waals surface area contributed by atoms with Crippen LogP contribution in [0.4, 0.5) is 4.79 Å². The first-order chi connectivity index (χ1) is 30.1. The Morgan fingerprint density at radius 3 is 2.30 bits per heavy atom. The quantitative estimate of drug-likeness (QED) is 0.0539. The number of benzene rings is 1. The molecule has 1 N–H and O–H groups in total. The van der Waals surface area contributed by atoms with Crippen LogP contribution >= 0.6 is 11.3 Å². The molecule has 1 aromatic heterocycles. The van der Waals surface area contributed by atoms with Gasteiger partial charge in [0, 0.05) is 37.6 Å². The molecule has 0 saturated carbocycles. The maximum Gasteiger partial charge on any atom is 0.407 e. The zero-order valence-corrected chi connectivity index (χ0v) is 42.3. The van der Waals surface area contributed by atoms with Crippen molar-refractivity contribution in [2.75, 3.05) is 13.1 Å². The molecule has 3 heterocycles. The topological polar surface area (TPSA) is 141 Å². The molecule has 4 rings (SSSR count). The number of unbranched alkanes of at least 4 members (excludes halogenated alkanes) is 7. The van der Waals surface area contributed by atoms with Crippen molar-refractivity contribution in [1.82, 2.24) is 15.2 Å². The van der Waals surface area contributed by atoms with Gasteiger partial charge in [0.15, 0.2) is 8.32 Å². The van der Waals surface area contributed by atoms with E-state index in [0.717, 1.165) is 91.4 Å². The van der Waals surface area contributed by atoms with E-state index in [2.05, 4.69) is 70.7 Å². The summed E-state index contributed by atoms with van der Waals surface area (Å²) in [6.45, 7) is 25.8. The summed E-state index contributed by atoms with van der Waals surface area (Å²) in [6, 6.07) is 5.99. The molecule has 2 aliphatic rings. The average molecular weight is 920 g/mol. The fourth-order valence-corrected chi connectivity index (χ4v) is 10.6. The Balaban J connectivity index is 1.51. The number of amides is 3. The van der Waals surface area contributed by atoms with Crippen molar-refractivity contribution in [3.05, 3.63) is 65.2 Å². The Morgan fingerprint density at radius 1 is 1.02 bits per heavy atom. The molecule has 2 aliphatic heterocycles. The van der Waals surface area contributed by atoms with Crippen LogP contribution in [0.3, 0.4) is 0 Å². The Bertz CT molecular complexity index is 1980. The molecule has 2 aromatic rings. The van der Waals surface area contributed by atoms with Gasteiger partial charge in [-0.3, -0.25) is 24.1 Å². The first-order valence-electron chi connectivity index (χ1n) is 23.7. The van der Waals surface area contributed by atoms with Gasteiger partial charge >= 0.3 is 12.1 Å². The number of carbonyl (C=O) groups excluding carboxylic acids is 5. The van der Waals surface area contributed by atoms with Gasteiger partial charge in [-0.25, -0.2) is 9.78 Å². The number of allylic oxidation sites excluding steroid dienone is 2. The SMILES string of the molecule is C=CC[C@H]1C(=O)C(C)(C)[C@@H](OC(=O)NCCCCCCCCCCN2C(=O)C=CC2=O)CC(=O)O[C@H](c2ccc3sc(C)nc3c2)CC=C(C)CCC[C@H](C)[C@@H]1O[Si](C)(C)C(C)(C)C. The van der Waals surface area contributed by atoms with E-state index in [1.165, 1.54) is 22.6 Å². The molecule has 0 unspecified atom stereocenters. The second-order valence-electron chi connectivity index (χ2n) is 20.2. The highest BCUT2D eigenvalue weighted by Crippen LogP contribution is 2.43. The van der Waals surface area contributed by atoms with E-state index in [1.807, 2.05) is 25.1 Å². The van der Waals surface area contributed by atoms with Crippen LogP contribution in [-0.4, -0.2) is 73.2 Å². The van der Waals surface area contributed by atoms with Crippen molar-refractivity contribution in [2.24, 2.45) is 17.3 Å². The highest BCUT2D eigenvalue weighted by atomic mass is 32.1. The molecule has 0 bridgehead atoms. The van der Waals surface area contributed by atoms with Gasteiger partial charge in [-0.05, 0) is 108 Å². The summed E-state index contributed by atoms with van der Waals surface area (Å²) >= 11 is 1.62. The van der Waals surface area contributed by atoms with E-state index in [0.29, 0.717) is 25.9 Å². The van der Waals surface area contributed by atoms with E-state index >= 15 is 4.79 Å². The lowest BCUT2D eigenvalue weighted by Gasteiger charge is -2.45. The van der Waals surface area contributed by atoms with Gasteiger partial charge in [0.25, 0.3) is 11.8 Å². The maximum absolute atomic E-state index is 15.2. The number of hydrogen-bond donors (Lipinski definition) is 1. The minimum Gasteiger partial charge on any atom is -0.457 e. The van der Waals surface area contributed by atoms with Crippen LogP contribution in [0.15, 0.2) is 54.7 Å². The van der Waals surface area contributed by atoms with Crippen LogP contribution in [0.2, 0.25) is 18.1 Å². The van der Waals surface area contributed by atoms with Crippen LogP contribution in [0, 0.1) is 24.2 Å². The molecule has 5 atom stereocenters. The largest absolute Gasteiger partial charge is 0.457 e. The lowest BCUT2D eigenvalue weighted by molar-refractivity contribution is -0.156. The summed E-state index contributed by atoms with van der Waals surface area (Å²) in [5.41, 5.74) is 1.59. The van der Waals surface area contributed by atoms with Crippen molar-refractivity contribution in [2.45, 2.75) is 182 Å². The van der Waals surface area contributed by atoms with Gasteiger partial charge < -0.3 is 19.2 Å². The molecule has 0 fully saturated rings. The molecular weight excluding hydrogens is 843 g/mol. The van der Waals surface area contributed by atoms with Crippen molar-refractivity contribution in [3.8, 4) is 0 Å². The third-order valence-electron chi connectivity index (χ3n) is 13.5. The van der Waals surface area contributed by atoms with Gasteiger partial charge in [0.05, 0.1) is 33.2 Å². The minimum atomic E-state index is -2.37. The van der Waals surface area contributed by atoms with E-state index in [-0.39, 0.29) is 35.0 Å². The molecule has 0 aliphatic carbocycles. The third-order valence-corrected chi connectivity index (χ3v) is 19.0. The number of fused-ring (bicyclic) bond motifs is 1. The molecule has 0 radical (unpaired) electrons. The van der Waals surface area contributed by atoms with Gasteiger partial charge in [-0.2, -0.15) is 0 Å². The highest BCUT2D eigenvalue weighted by molar-refractivity contribution is 7.18. The number of Topliss-reactive ketones (excluding diaryl/α,β-unsaturated/α-hetero) is 1. The molecule has 1 aromatic carbocycles. The zero-order chi connectivity index (χ0) is 47.2. The number of alkyl carbamates (subject to hydrolysis) is 1. The first-order valence-corrected chi connectivity index (χ1v) is 27.4. The number of carbonyl (C=O) groups is 5. The number of nitrogens with zero attached hydrogens (tertiary/aromatic N) is 2. The molecule has 13 heteroatoms. The number of ether oxygens (including phenoxy) is 2. The van der Waals surface area contributed by atoms with Crippen LogP contribution < -0.4 is 5.32 Å². The second-order valence-corrected chi connectivity index (χ2v) is 26.2. The number of esters is 1. The van der Waals surface area contributed by atoms with Gasteiger partial charge in [-0.1, -0.05) is 90.0 Å². The second kappa shape index (κ2) is 24.0. The smallest absolute Gasteiger partial charge is 0.407 e. The number of thiazole rings is 1. The van der Waals surface area contributed by atoms with Gasteiger partial charge in [0.2, 0.25) is 0 Å².